The maximum absolute atomic E-state index is 12.4. The molecule has 1 fully saturated rings. The minimum Gasteiger partial charge on any atom is -0.334 e. The maximum Gasteiger partial charge on any atom is 0.321 e. The van der Waals surface area contributed by atoms with Gasteiger partial charge in [-0.15, -0.1) is 11.3 Å². The van der Waals surface area contributed by atoms with Crippen LogP contribution in [-0.4, -0.2) is 52.9 Å². The van der Waals surface area contributed by atoms with Crippen LogP contribution in [0.3, 0.4) is 0 Å². The van der Waals surface area contributed by atoms with Crippen molar-refractivity contribution in [3.8, 4) is 0 Å². The first-order valence-electron chi connectivity index (χ1n) is 7.98. The van der Waals surface area contributed by atoms with Gasteiger partial charge in [0.2, 0.25) is 0 Å². The Morgan fingerprint density at radius 2 is 1.84 bits per heavy atom. The number of thiazole rings is 1. The molecule has 25 heavy (non-hydrogen) atoms. The average molecular weight is 379 g/mol. The highest BCUT2D eigenvalue weighted by Gasteiger charge is 2.25. The van der Waals surface area contributed by atoms with Crippen LogP contribution in [-0.2, 0) is 0 Å². The van der Waals surface area contributed by atoms with Gasteiger partial charge in [-0.3, -0.25) is 4.79 Å². The van der Waals surface area contributed by atoms with Crippen LogP contribution in [0.15, 0.2) is 24.4 Å². The van der Waals surface area contributed by atoms with Crippen LogP contribution in [0, 0.1) is 13.8 Å². The molecule has 0 atom stereocenters. The Balaban J connectivity index is 1.55. The molecule has 0 spiro atoms. The summed E-state index contributed by atoms with van der Waals surface area (Å²) in [5.41, 5.74) is 1.63. The van der Waals surface area contributed by atoms with Gasteiger partial charge in [0.1, 0.15) is 4.88 Å². The normalized spacial score (nSPS) is 14.5. The molecule has 1 N–H and O–H groups in total. The first kappa shape index (κ1) is 17.7. The van der Waals surface area contributed by atoms with E-state index in [1.54, 1.807) is 22.1 Å². The molecule has 3 rings (SSSR count). The summed E-state index contributed by atoms with van der Waals surface area (Å²) in [7, 11) is 0. The van der Waals surface area contributed by atoms with Crippen molar-refractivity contribution in [1.82, 2.24) is 14.8 Å². The summed E-state index contributed by atoms with van der Waals surface area (Å²) in [6.45, 7) is 5.80. The number of amides is 3. The number of hydrogen-bond acceptors (Lipinski definition) is 4. The van der Waals surface area contributed by atoms with E-state index in [0.717, 1.165) is 10.6 Å². The van der Waals surface area contributed by atoms with Gasteiger partial charge in [0.15, 0.2) is 0 Å². The zero-order chi connectivity index (χ0) is 18.0. The molecular weight excluding hydrogens is 360 g/mol. The molecule has 0 aliphatic carbocycles. The van der Waals surface area contributed by atoms with E-state index in [1.807, 2.05) is 26.0 Å². The van der Waals surface area contributed by atoms with Crippen molar-refractivity contribution in [3.63, 3.8) is 0 Å². The van der Waals surface area contributed by atoms with E-state index in [1.165, 1.54) is 11.3 Å². The number of benzene rings is 1. The van der Waals surface area contributed by atoms with E-state index >= 15 is 0 Å². The minimum absolute atomic E-state index is 0.0176. The minimum atomic E-state index is -0.180. The van der Waals surface area contributed by atoms with Crippen LogP contribution in [0.5, 0.6) is 0 Å². The number of nitrogens with zero attached hydrogens (tertiary/aromatic N) is 3. The number of urea groups is 1. The van der Waals surface area contributed by atoms with Crippen LogP contribution < -0.4 is 5.32 Å². The first-order chi connectivity index (χ1) is 11.9. The fourth-order valence-corrected chi connectivity index (χ4v) is 3.53. The van der Waals surface area contributed by atoms with Crippen molar-refractivity contribution in [1.29, 1.82) is 0 Å². The second-order valence-electron chi connectivity index (χ2n) is 5.92. The van der Waals surface area contributed by atoms with Crippen molar-refractivity contribution in [2.24, 2.45) is 0 Å². The molecule has 1 aliphatic heterocycles. The third-order valence-electron chi connectivity index (χ3n) is 4.11. The molecule has 0 saturated carbocycles. The summed E-state index contributed by atoms with van der Waals surface area (Å²) in [5.74, 6) is -0.0176. The molecule has 1 saturated heterocycles. The van der Waals surface area contributed by atoms with Crippen molar-refractivity contribution < 1.29 is 9.59 Å². The molecule has 1 aromatic heterocycles. The zero-order valence-electron chi connectivity index (χ0n) is 14.1. The highest BCUT2D eigenvalue weighted by atomic mass is 35.5. The van der Waals surface area contributed by atoms with E-state index in [2.05, 4.69) is 10.3 Å². The van der Waals surface area contributed by atoms with Crippen molar-refractivity contribution >= 4 is 40.6 Å². The summed E-state index contributed by atoms with van der Waals surface area (Å²) in [4.78, 5) is 33.0. The lowest BCUT2D eigenvalue weighted by atomic mass is 10.2. The fourth-order valence-electron chi connectivity index (χ4n) is 2.60. The SMILES string of the molecule is Cc1ncc(C(=O)N2CCN(C(=O)Nc3ccc(C)c(Cl)c3)CC2)s1. The molecule has 1 aromatic carbocycles. The van der Waals surface area contributed by atoms with Crippen LogP contribution in [0.4, 0.5) is 10.5 Å². The van der Waals surface area contributed by atoms with E-state index < -0.39 is 0 Å². The second-order valence-corrected chi connectivity index (χ2v) is 7.56. The van der Waals surface area contributed by atoms with Gasteiger partial charge in [-0.05, 0) is 31.5 Å². The predicted octanol–water partition coefficient (Wildman–Crippen LogP) is 3.40. The topological polar surface area (TPSA) is 65.5 Å². The molecule has 0 radical (unpaired) electrons. The summed E-state index contributed by atoms with van der Waals surface area (Å²) >= 11 is 7.48. The third kappa shape index (κ3) is 4.11. The van der Waals surface area contributed by atoms with E-state index in [0.29, 0.717) is 41.8 Å². The summed E-state index contributed by atoms with van der Waals surface area (Å²) in [6.07, 6.45) is 1.61. The number of carbonyl (C=O) groups is 2. The van der Waals surface area contributed by atoms with Crippen molar-refractivity contribution in [2.75, 3.05) is 31.5 Å². The number of carbonyl (C=O) groups excluding carboxylic acids is 2. The van der Waals surface area contributed by atoms with Gasteiger partial charge in [0.05, 0.1) is 11.2 Å². The number of piperazine rings is 1. The Bertz CT molecular complexity index is 800. The van der Waals surface area contributed by atoms with Gasteiger partial charge in [-0.25, -0.2) is 9.78 Å². The van der Waals surface area contributed by atoms with Crippen molar-refractivity contribution in [2.45, 2.75) is 13.8 Å². The lowest BCUT2D eigenvalue weighted by Crippen LogP contribution is -2.51. The number of hydrogen-bond donors (Lipinski definition) is 1. The van der Waals surface area contributed by atoms with Gasteiger partial charge >= 0.3 is 6.03 Å². The standard InChI is InChI=1S/C17H19ClN4O2S/c1-11-3-4-13(9-14(11)18)20-17(24)22-7-5-21(6-8-22)16(23)15-10-19-12(2)25-15/h3-4,9-10H,5-8H2,1-2H3,(H,20,24). The molecule has 0 bridgehead atoms. The number of rotatable bonds is 2. The molecule has 1 aliphatic rings. The predicted molar refractivity (Wildman–Crippen MR) is 99.5 cm³/mol. The Morgan fingerprint density at radius 3 is 2.44 bits per heavy atom. The Labute approximate surface area is 155 Å². The van der Waals surface area contributed by atoms with Gasteiger partial charge in [0.25, 0.3) is 5.91 Å². The molecular formula is C17H19ClN4O2S. The van der Waals surface area contributed by atoms with Gasteiger partial charge in [-0.1, -0.05) is 17.7 Å². The Morgan fingerprint density at radius 1 is 1.16 bits per heavy atom. The van der Waals surface area contributed by atoms with Crippen LogP contribution >= 0.6 is 22.9 Å². The molecule has 2 aromatic rings. The van der Waals surface area contributed by atoms with Gasteiger partial charge in [0, 0.05) is 36.9 Å². The Hall–Kier alpha value is -2.12. The molecule has 2 heterocycles. The number of aromatic nitrogens is 1. The fraction of sp³-hybridized carbons (Fsp3) is 0.353. The zero-order valence-corrected chi connectivity index (χ0v) is 15.7. The molecule has 3 amide bonds. The highest BCUT2D eigenvalue weighted by molar-refractivity contribution is 7.13. The lowest BCUT2D eigenvalue weighted by molar-refractivity contribution is 0.0676. The molecule has 6 nitrogen and oxygen atoms in total. The van der Waals surface area contributed by atoms with E-state index in [-0.39, 0.29) is 11.9 Å². The first-order valence-corrected chi connectivity index (χ1v) is 9.17. The quantitative estimate of drug-likeness (QED) is 0.870. The van der Waals surface area contributed by atoms with E-state index in [9.17, 15) is 9.59 Å². The summed E-state index contributed by atoms with van der Waals surface area (Å²) < 4.78 is 0. The van der Waals surface area contributed by atoms with Gasteiger partial charge < -0.3 is 15.1 Å². The smallest absolute Gasteiger partial charge is 0.321 e. The highest BCUT2D eigenvalue weighted by Crippen LogP contribution is 2.21. The average Bonchev–Trinajstić information content (AvgIpc) is 3.04. The second kappa shape index (κ2) is 7.41. The Kier molecular flexibility index (Phi) is 5.24. The third-order valence-corrected chi connectivity index (χ3v) is 5.42. The van der Waals surface area contributed by atoms with Gasteiger partial charge in [-0.2, -0.15) is 0 Å². The van der Waals surface area contributed by atoms with Crippen LogP contribution in [0.25, 0.3) is 0 Å². The summed E-state index contributed by atoms with van der Waals surface area (Å²) in [6, 6.07) is 5.25. The lowest BCUT2D eigenvalue weighted by Gasteiger charge is -2.34. The largest absolute Gasteiger partial charge is 0.334 e. The number of aryl methyl sites for hydroxylation is 2. The van der Waals surface area contributed by atoms with Crippen molar-refractivity contribution in [3.05, 3.63) is 44.9 Å². The number of halogens is 1. The maximum atomic E-state index is 12.4. The molecule has 8 heteroatoms. The number of anilines is 1. The van der Waals surface area contributed by atoms with E-state index in [4.69, 9.17) is 11.6 Å². The monoisotopic (exact) mass is 378 g/mol. The summed E-state index contributed by atoms with van der Waals surface area (Å²) in [5, 5.41) is 4.34. The molecule has 0 unspecified atom stereocenters. The molecule has 132 valence electrons. The number of nitrogens with one attached hydrogen (secondary N) is 1. The van der Waals surface area contributed by atoms with Crippen LogP contribution in [0.1, 0.15) is 20.2 Å². The van der Waals surface area contributed by atoms with Crippen LogP contribution in [0.2, 0.25) is 5.02 Å².